The van der Waals surface area contributed by atoms with Gasteiger partial charge in [0.05, 0.1) is 22.1 Å². The molecular formula is C20H19BrClN3O2. The summed E-state index contributed by atoms with van der Waals surface area (Å²) in [5.41, 5.74) is 3.97. The van der Waals surface area contributed by atoms with E-state index in [9.17, 15) is 4.79 Å². The lowest BCUT2D eigenvalue weighted by Gasteiger charge is -2.09. The average Bonchev–Trinajstić information content (AvgIpc) is 2.87. The van der Waals surface area contributed by atoms with Gasteiger partial charge in [0.25, 0.3) is 5.91 Å². The van der Waals surface area contributed by atoms with Crippen molar-refractivity contribution in [3.05, 3.63) is 74.5 Å². The van der Waals surface area contributed by atoms with Crippen LogP contribution in [-0.4, -0.2) is 15.7 Å². The summed E-state index contributed by atoms with van der Waals surface area (Å²) in [7, 11) is 1.85. The summed E-state index contributed by atoms with van der Waals surface area (Å²) < 4.78 is 8.39. The van der Waals surface area contributed by atoms with Gasteiger partial charge in [0, 0.05) is 17.1 Å². The second-order valence-electron chi connectivity index (χ2n) is 6.18. The first kappa shape index (κ1) is 19.5. The predicted molar refractivity (Wildman–Crippen MR) is 111 cm³/mol. The van der Waals surface area contributed by atoms with Crippen LogP contribution in [0.3, 0.4) is 0 Å². The zero-order valence-electron chi connectivity index (χ0n) is 15.2. The van der Waals surface area contributed by atoms with Gasteiger partial charge < -0.3 is 10.1 Å². The third kappa shape index (κ3) is 4.51. The minimum atomic E-state index is -0.169. The lowest BCUT2D eigenvalue weighted by Crippen LogP contribution is -2.13. The molecule has 0 radical (unpaired) electrons. The molecule has 0 saturated carbocycles. The van der Waals surface area contributed by atoms with Gasteiger partial charge in [-0.25, -0.2) is 0 Å². The molecule has 1 aromatic heterocycles. The van der Waals surface area contributed by atoms with Crippen LogP contribution in [0.2, 0.25) is 5.02 Å². The molecule has 27 heavy (non-hydrogen) atoms. The highest BCUT2D eigenvalue weighted by Crippen LogP contribution is 2.28. The number of hydrogen-bond donors (Lipinski definition) is 1. The Hall–Kier alpha value is -2.31. The van der Waals surface area contributed by atoms with Gasteiger partial charge >= 0.3 is 0 Å². The van der Waals surface area contributed by atoms with E-state index in [0.29, 0.717) is 22.9 Å². The minimum absolute atomic E-state index is 0.169. The van der Waals surface area contributed by atoms with Crippen LogP contribution < -0.4 is 10.1 Å². The standard InChI is InChI=1S/C20H19BrClN3O2/c1-12-19(13(2)25(3)24-12)23-20(26)15-6-4-14(5-7-15)11-27-18-9-8-16(21)10-17(18)22/h4-10H,11H2,1-3H3,(H,23,26). The van der Waals surface area contributed by atoms with Crippen molar-refractivity contribution in [1.29, 1.82) is 0 Å². The maximum Gasteiger partial charge on any atom is 0.255 e. The van der Waals surface area contributed by atoms with Crippen molar-refractivity contribution < 1.29 is 9.53 Å². The maximum atomic E-state index is 12.5. The summed E-state index contributed by atoms with van der Waals surface area (Å²) >= 11 is 9.52. The molecule has 5 nitrogen and oxygen atoms in total. The van der Waals surface area contributed by atoms with E-state index in [0.717, 1.165) is 27.1 Å². The van der Waals surface area contributed by atoms with Crippen LogP contribution in [-0.2, 0) is 13.7 Å². The van der Waals surface area contributed by atoms with Gasteiger partial charge in [0.1, 0.15) is 12.4 Å². The first-order valence-corrected chi connectivity index (χ1v) is 9.50. The van der Waals surface area contributed by atoms with Crippen LogP contribution in [0, 0.1) is 13.8 Å². The van der Waals surface area contributed by atoms with Crippen LogP contribution in [0.4, 0.5) is 5.69 Å². The van der Waals surface area contributed by atoms with Crippen molar-refractivity contribution in [1.82, 2.24) is 9.78 Å². The maximum absolute atomic E-state index is 12.5. The number of ether oxygens (including phenoxy) is 1. The van der Waals surface area contributed by atoms with E-state index in [1.165, 1.54) is 0 Å². The molecule has 7 heteroatoms. The number of carbonyl (C=O) groups is 1. The number of carbonyl (C=O) groups excluding carboxylic acids is 1. The molecule has 0 bridgehead atoms. The highest BCUT2D eigenvalue weighted by Gasteiger charge is 2.14. The molecule has 0 fully saturated rings. The van der Waals surface area contributed by atoms with Gasteiger partial charge in [-0.2, -0.15) is 5.10 Å². The first-order chi connectivity index (χ1) is 12.8. The fraction of sp³-hybridized carbons (Fsp3) is 0.200. The van der Waals surface area contributed by atoms with Gasteiger partial charge in [0.15, 0.2) is 0 Å². The Morgan fingerprint density at radius 1 is 1.22 bits per heavy atom. The molecule has 0 spiro atoms. The highest BCUT2D eigenvalue weighted by atomic mass is 79.9. The Bertz CT molecular complexity index is 984. The summed E-state index contributed by atoms with van der Waals surface area (Å²) in [4.78, 5) is 12.5. The van der Waals surface area contributed by atoms with Crippen molar-refractivity contribution in [3.63, 3.8) is 0 Å². The summed E-state index contributed by atoms with van der Waals surface area (Å²) in [6, 6.07) is 12.8. The van der Waals surface area contributed by atoms with E-state index in [1.807, 2.05) is 45.2 Å². The lowest BCUT2D eigenvalue weighted by molar-refractivity contribution is 0.102. The van der Waals surface area contributed by atoms with E-state index in [-0.39, 0.29) is 5.91 Å². The van der Waals surface area contributed by atoms with Gasteiger partial charge in [-0.05, 0) is 49.7 Å². The fourth-order valence-electron chi connectivity index (χ4n) is 2.65. The number of nitrogens with zero attached hydrogens (tertiary/aromatic N) is 2. The number of rotatable bonds is 5. The Labute approximate surface area is 171 Å². The molecule has 1 amide bonds. The van der Waals surface area contributed by atoms with E-state index in [4.69, 9.17) is 16.3 Å². The van der Waals surface area contributed by atoms with Gasteiger partial charge in [0.2, 0.25) is 0 Å². The zero-order chi connectivity index (χ0) is 19.6. The van der Waals surface area contributed by atoms with Crippen molar-refractivity contribution in [2.45, 2.75) is 20.5 Å². The third-order valence-corrected chi connectivity index (χ3v) is 5.04. The Morgan fingerprint density at radius 3 is 2.52 bits per heavy atom. The number of amides is 1. The van der Waals surface area contributed by atoms with Crippen molar-refractivity contribution in [2.24, 2.45) is 7.05 Å². The zero-order valence-corrected chi connectivity index (χ0v) is 17.6. The second-order valence-corrected chi connectivity index (χ2v) is 7.51. The van der Waals surface area contributed by atoms with E-state index in [1.54, 1.807) is 22.9 Å². The third-order valence-electron chi connectivity index (χ3n) is 4.25. The van der Waals surface area contributed by atoms with Crippen molar-refractivity contribution in [2.75, 3.05) is 5.32 Å². The molecule has 2 aromatic carbocycles. The lowest BCUT2D eigenvalue weighted by atomic mass is 10.1. The number of benzene rings is 2. The van der Waals surface area contributed by atoms with Gasteiger partial charge in [-0.3, -0.25) is 9.48 Å². The van der Waals surface area contributed by atoms with Crippen LogP contribution in [0.1, 0.15) is 27.3 Å². The molecule has 1 N–H and O–H groups in total. The SMILES string of the molecule is Cc1nn(C)c(C)c1NC(=O)c1ccc(COc2ccc(Br)cc2Cl)cc1. The molecule has 140 valence electrons. The van der Waals surface area contributed by atoms with Gasteiger partial charge in [-0.15, -0.1) is 0 Å². The molecule has 0 saturated heterocycles. The number of nitrogens with one attached hydrogen (secondary N) is 1. The number of halogens is 2. The Morgan fingerprint density at radius 2 is 1.93 bits per heavy atom. The topological polar surface area (TPSA) is 56.2 Å². The molecule has 0 aliphatic heterocycles. The second kappa shape index (κ2) is 8.15. The minimum Gasteiger partial charge on any atom is -0.487 e. The first-order valence-electron chi connectivity index (χ1n) is 8.33. The van der Waals surface area contributed by atoms with Crippen LogP contribution >= 0.6 is 27.5 Å². The summed E-state index contributed by atoms with van der Waals surface area (Å²) in [5.74, 6) is 0.446. The molecule has 0 aliphatic carbocycles. The Kier molecular flexibility index (Phi) is 5.87. The number of hydrogen-bond acceptors (Lipinski definition) is 3. The molecule has 0 unspecified atom stereocenters. The monoisotopic (exact) mass is 447 g/mol. The largest absolute Gasteiger partial charge is 0.487 e. The smallest absolute Gasteiger partial charge is 0.255 e. The Balaban J connectivity index is 1.65. The van der Waals surface area contributed by atoms with Crippen molar-refractivity contribution in [3.8, 4) is 5.75 Å². The average molecular weight is 449 g/mol. The molecular weight excluding hydrogens is 430 g/mol. The van der Waals surface area contributed by atoms with E-state index in [2.05, 4.69) is 26.3 Å². The molecule has 3 aromatic rings. The quantitative estimate of drug-likeness (QED) is 0.577. The van der Waals surface area contributed by atoms with Crippen LogP contribution in [0.5, 0.6) is 5.75 Å². The van der Waals surface area contributed by atoms with Crippen LogP contribution in [0.25, 0.3) is 0 Å². The van der Waals surface area contributed by atoms with Gasteiger partial charge in [-0.1, -0.05) is 39.7 Å². The highest BCUT2D eigenvalue weighted by molar-refractivity contribution is 9.10. The van der Waals surface area contributed by atoms with Crippen molar-refractivity contribution >= 4 is 39.1 Å². The number of aryl methyl sites for hydroxylation is 2. The molecule has 3 rings (SSSR count). The fourth-order valence-corrected chi connectivity index (χ4v) is 3.37. The van der Waals surface area contributed by atoms with E-state index < -0.39 is 0 Å². The normalized spacial score (nSPS) is 10.7. The molecule has 1 heterocycles. The number of anilines is 1. The van der Waals surface area contributed by atoms with Crippen LogP contribution in [0.15, 0.2) is 46.9 Å². The van der Waals surface area contributed by atoms with E-state index >= 15 is 0 Å². The molecule has 0 aliphatic rings. The number of aromatic nitrogens is 2. The summed E-state index contributed by atoms with van der Waals surface area (Å²) in [6.45, 7) is 4.16. The summed E-state index contributed by atoms with van der Waals surface area (Å²) in [5, 5.41) is 7.78. The summed E-state index contributed by atoms with van der Waals surface area (Å²) in [6.07, 6.45) is 0. The predicted octanol–water partition coefficient (Wildman–Crippen LogP) is 5.28. The molecule has 0 atom stereocenters.